The Morgan fingerprint density at radius 3 is 2.64 bits per heavy atom. The van der Waals surface area contributed by atoms with Gasteiger partial charge in [-0.05, 0) is 41.1 Å². The van der Waals surface area contributed by atoms with Crippen LogP contribution >= 0.6 is 39.3 Å². The van der Waals surface area contributed by atoms with Crippen LogP contribution in [0.4, 0.5) is 0 Å². The topological polar surface area (TPSA) is 79.7 Å². The van der Waals surface area contributed by atoms with Crippen LogP contribution in [0.15, 0.2) is 94.5 Å². The molecule has 0 saturated heterocycles. The Kier molecular flexibility index (Phi) is 7.00. The minimum absolute atomic E-state index is 0.0920. The summed E-state index contributed by atoms with van der Waals surface area (Å²) in [5.41, 5.74) is 8.62. The molecule has 4 aromatic rings. The Bertz CT molecular complexity index is 1550. The van der Waals surface area contributed by atoms with Crippen molar-refractivity contribution in [2.45, 2.75) is 5.37 Å². The number of nitrogens with two attached hydrogens (primary N) is 1. The molecular formula is C27H21BrClN4O2S+. The van der Waals surface area contributed by atoms with E-state index in [1.54, 1.807) is 17.9 Å². The van der Waals surface area contributed by atoms with E-state index in [0.29, 0.717) is 21.4 Å². The Balaban J connectivity index is 1.58. The van der Waals surface area contributed by atoms with Gasteiger partial charge in [-0.15, -0.1) is 9.79 Å². The number of nitrogens with zero attached hydrogens (tertiary/aromatic N) is 2. The van der Waals surface area contributed by atoms with Crippen molar-refractivity contribution in [3.05, 3.63) is 111 Å². The first-order valence-electron chi connectivity index (χ1n) is 11.0. The second-order valence-electron chi connectivity index (χ2n) is 7.95. The van der Waals surface area contributed by atoms with Crippen LogP contribution < -0.4 is 15.8 Å². The third-order valence-electron chi connectivity index (χ3n) is 5.73. The highest BCUT2D eigenvalue weighted by atomic mass is 79.9. The molecule has 9 heteroatoms. The normalized spacial score (nSPS) is 16.5. The third-order valence-corrected chi connectivity index (χ3v) is 7.77. The molecule has 0 saturated carbocycles. The van der Waals surface area contributed by atoms with Crippen molar-refractivity contribution in [2.75, 3.05) is 7.11 Å². The molecule has 3 N–H and O–H groups in total. The SMILES string of the molecule is COc1ccc(Br)cc1C1=N[N+](=C(N)NC(=O)c2cccc3ccccc23)[C@@H](c2ccccc2Cl)S1. The number of hydrogen-bond acceptors (Lipinski definition) is 4. The highest BCUT2D eigenvalue weighted by Gasteiger charge is 2.35. The fourth-order valence-corrected chi connectivity index (χ4v) is 5.90. The molecule has 0 fully saturated rings. The molecule has 0 unspecified atom stereocenters. The van der Waals surface area contributed by atoms with Gasteiger partial charge in [0.25, 0.3) is 0 Å². The van der Waals surface area contributed by atoms with Crippen LogP contribution in [0.3, 0.4) is 0 Å². The molecule has 6 nitrogen and oxygen atoms in total. The Hall–Kier alpha value is -3.33. The molecule has 0 spiro atoms. The van der Waals surface area contributed by atoms with E-state index in [9.17, 15) is 4.79 Å². The highest BCUT2D eigenvalue weighted by molar-refractivity contribution is 9.10. The number of ether oxygens (including phenoxy) is 1. The summed E-state index contributed by atoms with van der Waals surface area (Å²) in [5, 5.41) is 10.3. The molecule has 4 aromatic carbocycles. The van der Waals surface area contributed by atoms with Gasteiger partial charge >= 0.3 is 11.9 Å². The summed E-state index contributed by atoms with van der Waals surface area (Å²) in [6.45, 7) is 0. The molecule has 1 amide bonds. The van der Waals surface area contributed by atoms with Gasteiger partial charge in [-0.25, -0.2) is 5.32 Å². The molecule has 36 heavy (non-hydrogen) atoms. The molecule has 0 aromatic heterocycles. The number of hydrogen-bond donors (Lipinski definition) is 2. The Morgan fingerprint density at radius 1 is 1.08 bits per heavy atom. The van der Waals surface area contributed by atoms with Gasteiger partial charge in [-0.3, -0.25) is 10.5 Å². The van der Waals surface area contributed by atoms with Crippen LogP contribution in [0.25, 0.3) is 10.8 Å². The summed E-state index contributed by atoms with van der Waals surface area (Å²) in [7, 11) is 1.61. The maximum Gasteiger partial charge on any atom is 0.376 e. The fraction of sp³-hybridized carbons (Fsp3) is 0.0741. The van der Waals surface area contributed by atoms with E-state index in [1.165, 1.54) is 11.8 Å². The zero-order valence-electron chi connectivity index (χ0n) is 19.1. The number of carbonyl (C=O) groups is 1. The smallest absolute Gasteiger partial charge is 0.376 e. The van der Waals surface area contributed by atoms with Crippen LogP contribution in [0.1, 0.15) is 26.9 Å². The van der Waals surface area contributed by atoms with Gasteiger partial charge in [0.2, 0.25) is 0 Å². The maximum atomic E-state index is 13.3. The van der Waals surface area contributed by atoms with Crippen molar-refractivity contribution < 1.29 is 14.2 Å². The minimum atomic E-state index is -0.398. The van der Waals surface area contributed by atoms with E-state index in [2.05, 4.69) is 21.2 Å². The van der Waals surface area contributed by atoms with E-state index >= 15 is 0 Å². The monoisotopic (exact) mass is 579 g/mol. The van der Waals surface area contributed by atoms with Gasteiger partial charge in [0.15, 0.2) is 5.37 Å². The largest absolute Gasteiger partial charge is 0.496 e. The lowest BCUT2D eigenvalue weighted by Crippen LogP contribution is -2.42. The molecule has 1 aliphatic rings. The first kappa shape index (κ1) is 24.4. The Labute approximate surface area is 225 Å². The van der Waals surface area contributed by atoms with Crippen LogP contribution in [-0.2, 0) is 0 Å². The third kappa shape index (κ3) is 4.72. The number of benzene rings is 4. The summed E-state index contributed by atoms with van der Waals surface area (Å²) in [6, 6.07) is 26.5. The summed E-state index contributed by atoms with van der Waals surface area (Å²) in [5.74, 6) is 0.438. The number of nitrogens with one attached hydrogen (secondary N) is 1. The molecule has 180 valence electrons. The second-order valence-corrected chi connectivity index (χ2v) is 10.3. The van der Waals surface area contributed by atoms with Gasteiger partial charge in [0, 0.05) is 15.1 Å². The first-order chi connectivity index (χ1) is 17.5. The van der Waals surface area contributed by atoms with Crippen LogP contribution in [0.2, 0.25) is 5.02 Å². The summed E-state index contributed by atoms with van der Waals surface area (Å²) in [4.78, 5) is 13.3. The van der Waals surface area contributed by atoms with E-state index in [0.717, 1.165) is 26.4 Å². The number of amides is 1. The zero-order chi connectivity index (χ0) is 25.2. The summed E-state index contributed by atoms with van der Waals surface area (Å²) >= 11 is 11.6. The lowest BCUT2D eigenvalue weighted by molar-refractivity contribution is -0.551. The summed E-state index contributed by atoms with van der Waals surface area (Å²) in [6.07, 6.45) is 0. The molecular weight excluding hydrogens is 560 g/mol. The van der Waals surface area contributed by atoms with Gasteiger partial charge in [-0.2, -0.15) is 0 Å². The quantitative estimate of drug-likeness (QED) is 0.225. The van der Waals surface area contributed by atoms with Crippen molar-refractivity contribution in [1.29, 1.82) is 0 Å². The molecule has 0 aliphatic carbocycles. The predicted molar refractivity (Wildman–Crippen MR) is 150 cm³/mol. The van der Waals surface area contributed by atoms with Gasteiger partial charge in [0.1, 0.15) is 10.8 Å². The van der Waals surface area contributed by atoms with Crippen molar-refractivity contribution in [1.82, 2.24) is 5.32 Å². The highest BCUT2D eigenvalue weighted by Crippen LogP contribution is 2.43. The average molecular weight is 581 g/mol. The average Bonchev–Trinajstić information content (AvgIpc) is 3.34. The van der Waals surface area contributed by atoms with E-state index in [4.69, 9.17) is 27.2 Å². The fourth-order valence-electron chi connectivity index (χ4n) is 4.01. The van der Waals surface area contributed by atoms with Crippen molar-refractivity contribution in [2.24, 2.45) is 10.8 Å². The van der Waals surface area contributed by atoms with Crippen LogP contribution in [-0.4, -0.2) is 28.7 Å². The molecule has 0 bridgehead atoms. The first-order valence-corrected chi connectivity index (χ1v) is 13.1. The number of thioether (sulfide) groups is 1. The number of hydrazone groups is 1. The van der Waals surface area contributed by atoms with Gasteiger partial charge < -0.3 is 4.74 Å². The minimum Gasteiger partial charge on any atom is -0.496 e. The molecule has 1 atom stereocenters. The standard InChI is InChI=1S/C27H20BrClN4O2S/c1-35-23-14-13-17(28)15-21(23)25-32-33(26(36-25)20-10-4-5-12-22(20)29)27(30)31-24(34)19-11-6-8-16-7-2-3-9-18(16)19/h2-15,26H,1H3,(H2,30,31,34)/p+1/t26-/m1/s1. The number of rotatable bonds is 4. The van der Waals surface area contributed by atoms with E-state index < -0.39 is 5.37 Å². The number of fused-ring (bicyclic) bond motifs is 1. The predicted octanol–water partition coefficient (Wildman–Crippen LogP) is 6.13. The molecule has 1 aliphatic heterocycles. The van der Waals surface area contributed by atoms with Crippen molar-refractivity contribution in [3.8, 4) is 5.75 Å². The summed E-state index contributed by atoms with van der Waals surface area (Å²) < 4.78 is 8.04. The van der Waals surface area contributed by atoms with Crippen LogP contribution in [0.5, 0.6) is 5.75 Å². The van der Waals surface area contributed by atoms with Crippen LogP contribution in [0, 0.1) is 0 Å². The lowest BCUT2D eigenvalue weighted by atomic mass is 10.0. The van der Waals surface area contributed by atoms with Gasteiger partial charge in [-0.1, -0.05) is 93.9 Å². The number of methoxy groups -OCH3 is 1. The van der Waals surface area contributed by atoms with Crippen molar-refractivity contribution in [3.63, 3.8) is 0 Å². The van der Waals surface area contributed by atoms with Crippen molar-refractivity contribution >= 4 is 67.0 Å². The zero-order valence-corrected chi connectivity index (χ0v) is 22.3. The number of halogens is 2. The van der Waals surface area contributed by atoms with E-state index in [1.807, 2.05) is 78.9 Å². The lowest BCUT2D eigenvalue weighted by Gasteiger charge is -2.13. The van der Waals surface area contributed by atoms with Gasteiger partial charge in [0.05, 0.1) is 18.2 Å². The number of guanidine groups is 1. The second kappa shape index (κ2) is 10.3. The Morgan fingerprint density at radius 2 is 1.83 bits per heavy atom. The maximum absolute atomic E-state index is 13.3. The number of carbonyl (C=O) groups excluding carboxylic acids is 1. The molecule has 0 radical (unpaired) electrons. The van der Waals surface area contributed by atoms with E-state index in [-0.39, 0.29) is 11.9 Å². The molecule has 5 rings (SSSR count). The molecule has 1 heterocycles.